The number of pyridine rings is 2. The Balaban J connectivity index is 1.82. The van der Waals surface area contributed by atoms with Gasteiger partial charge in [-0.15, -0.1) is 0 Å². The van der Waals surface area contributed by atoms with E-state index >= 15 is 0 Å². The zero-order valence-corrected chi connectivity index (χ0v) is 17.9. The molecule has 1 aromatic carbocycles. The lowest BCUT2D eigenvalue weighted by atomic mass is 9.94. The van der Waals surface area contributed by atoms with E-state index in [9.17, 15) is 4.79 Å². The van der Waals surface area contributed by atoms with Crippen molar-refractivity contribution >= 4 is 0 Å². The van der Waals surface area contributed by atoms with Crippen LogP contribution in [0.25, 0.3) is 22.4 Å². The minimum atomic E-state index is 0.0297. The van der Waals surface area contributed by atoms with Crippen LogP contribution >= 0.6 is 0 Å². The van der Waals surface area contributed by atoms with Gasteiger partial charge in [-0.1, -0.05) is 0 Å². The summed E-state index contributed by atoms with van der Waals surface area (Å²) in [5, 5.41) is 12.5. The van der Waals surface area contributed by atoms with E-state index in [1.54, 1.807) is 23.9 Å². The molecule has 4 rings (SSSR count). The summed E-state index contributed by atoms with van der Waals surface area (Å²) in [6, 6.07) is 15.4. The highest BCUT2D eigenvalue weighted by molar-refractivity contribution is 5.81. The lowest BCUT2D eigenvalue weighted by Gasteiger charge is -2.18. The van der Waals surface area contributed by atoms with Crippen molar-refractivity contribution in [1.82, 2.24) is 14.9 Å². The second-order valence-corrected chi connectivity index (χ2v) is 7.97. The number of nitriles is 1. The van der Waals surface area contributed by atoms with Crippen LogP contribution in [-0.2, 0) is 13.5 Å². The summed E-state index contributed by atoms with van der Waals surface area (Å²) < 4.78 is 7.02. The Hall–Kier alpha value is -3.43. The van der Waals surface area contributed by atoms with Crippen molar-refractivity contribution in [2.75, 3.05) is 20.2 Å². The van der Waals surface area contributed by atoms with E-state index in [0.717, 1.165) is 66.0 Å². The maximum absolute atomic E-state index is 13.2. The fraction of sp³-hybridized carbons (Fsp3) is 0.320. The Bertz CT molecular complexity index is 1150. The zero-order valence-electron chi connectivity index (χ0n) is 17.9. The molecule has 1 saturated heterocycles. The van der Waals surface area contributed by atoms with E-state index < -0.39 is 0 Å². The van der Waals surface area contributed by atoms with Crippen molar-refractivity contribution in [2.45, 2.75) is 19.3 Å². The molecule has 0 bridgehead atoms. The van der Waals surface area contributed by atoms with Crippen LogP contribution in [0.2, 0.25) is 0 Å². The summed E-state index contributed by atoms with van der Waals surface area (Å²) in [7, 11) is 3.45. The first-order valence-corrected chi connectivity index (χ1v) is 10.5. The predicted octanol–water partition coefficient (Wildman–Crippen LogP) is 3.54. The van der Waals surface area contributed by atoms with E-state index in [1.165, 1.54) is 0 Å². The number of hydrogen-bond acceptors (Lipinski definition) is 5. The first-order valence-electron chi connectivity index (χ1n) is 10.5. The van der Waals surface area contributed by atoms with Crippen molar-refractivity contribution in [1.29, 1.82) is 5.26 Å². The number of nitrogens with zero attached hydrogens (tertiary/aromatic N) is 3. The van der Waals surface area contributed by atoms with E-state index in [-0.39, 0.29) is 5.56 Å². The first-order chi connectivity index (χ1) is 15.1. The molecule has 0 amide bonds. The van der Waals surface area contributed by atoms with Gasteiger partial charge in [0.2, 0.25) is 0 Å². The van der Waals surface area contributed by atoms with Crippen molar-refractivity contribution in [3.63, 3.8) is 0 Å². The second kappa shape index (κ2) is 9.15. The van der Waals surface area contributed by atoms with Crippen LogP contribution in [0, 0.1) is 17.2 Å². The molecular formula is C25H26N4O2. The summed E-state index contributed by atoms with van der Waals surface area (Å²) in [4.78, 5) is 17.5. The first kappa shape index (κ1) is 20.8. The molecule has 3 aromatic rings. The molecule has 1 atom stereocenters. The van der Waals surface area contributed by atoms with Gasteiger partial charge in [-0.3, -0.25) is 4.79 Å². The number of ether oxygens (including phenoxy) is 1. The van der Waals surface area contributed by atoms with Crippen LogP contribution in [0.4, 0.5) is 0 Å². The summed E-state index contributed by atoms with van der Waals surface area (Å²) in [5.74, 6) is 1.38. The average Bonchev–Trinajstić information content (AvgIpc) is 3.34. The van der Waals surface area contributed by atoms with Gasteiger partial charge in [0.25, 0.3) is 5.56 Å². The van der Waals surface area contributed by atoms with Gasteiger partial charge in [0.05, 0.1) is 12.8 Å². The molecule has 0 unspecified atom stereocenters. The molecule has 158 valence electrons. The standard InChI is InChI=1S/C25H26N4O2/c1-29-24(18-6-9-22(31-2)10-7-18)23(20-5-8-21(14-26)28-16-20)13-19(25(29)30)4-3-17-11-12-27-15-17/h5-10,13,16-17,27H,3-4,11-12,15H2,1-2H3/t17-/m0/s1. The smallest absolute Gasteiger partial charge is 0.253 e. The molecule has 1 N–H and O–H groups in total. The van der Waals surface area contributed by atoms with Crippen LogP contribution in [-0.4, -0.2) is 29.8 Å². The SMILES string of the molecule is COc1ccc(-c2c(-c3ccc(C#N)nc3)cc(CC[C@H]3CCNC3)c(=O)n2C)cc1. The van der Waals surface area contributed by atoms with Crippen molar-refractivity contribution in [3.05, 3.63) is 70.3 Å². The molecule has 0 radical (unpaired) electrons. The van der Waals surface area contributed by atoms with Crippen LogP contribution in [0.15, 0.2) is 53.5 Å². The predicted molar refractivity (Wildman–Crippen MR) is 121 cm³/mol. The molecule has 6 nitrogen and oxygen atoms in total. The Morgan fingerprint density at radius 2 is 2.00 bits per heavy atom. The maximum atomic E-state index is 13.2. The third kappa shape index (κ3) is 4.37. The highest BCUT2D eigenvalue weighted by Crippen LogP contribution is 2.32. The molecule has 1 fully saturated rings. The maximum Gasteiger partial charge on any atom is 0.253 e. The van der Waals surface area contributed by atoms with Gasteiger partial charge in [0.15, 0.2) is 0 Å². The lowest BCUT2D eigenvalue weighted by Crippen LogP contribution is -2.24. The molecule has 6 heteroatoms. The van der Waals surface area contributed by atoms with Gasteiger partial charge < -0.3 is 14.6 Å². The lowest BCUT2D eigenvalue weighted by molar-refractivity contribution is 0.415. The van der Waals surface area contributed by atoms with Crippen LogP contribution in [0.1, 0.15) is 24.1 Å². The van der Waals surface area contributed by atoms with E-state index in [1.807, 2.05) is 43.4 Å². The topological polar surface area (TPSA) is 79.9 Å². The average molecular weight is 415 g/mol. The van der Waals surface area contributed by atoms with E-state index in [4.69, 9.17) is 10.00 Å². The van der Waals surface area contributed by atoms with Crippen molar-refractivity contribution in [3.8, 4) is 34.2 Å². The van der Waals surface area contributed by atoms with E-state index in [2.05, 4.69) is 16.4 Å². The minimum Gasteiger partial charge on any atom is -0.497 e. The molecule has 0 saturated carbocycles. The molecule has 0 spiro atoms. The Morgan fingerprint density at radius 3 is 2.61 bits per heavy atom. The second-order valence-electron chi connectivity index (χ2n) is 7.97. The quantitative estimate of drug-likeness (QED) is 0.667. The molecule has 31 heavy (non-hydrogen) atoms. The third-order valence-corrected chi connectivity index (χ3v) is 6.03. The summed E-state index contributed by atoms with van der Waals surface area (Å²) in [6.45, 7) is 2.08. The van der Waals surface area contributed by atoms with Gasteiger partial charge >= 0.3 is 0 Å². The monoisotopic (exact) mass is 414 g/mol. The summed E-state index contributed by atoms with van der Waals surface area (Å²) >= 11 is 0. The third-order valence-electron chi connectivity index (χ3n) is 6.03. The van der Waals surface area contributed by atoms with E-state index in [0.29, 0.717) is 11.6 Å². The number of hydrogen-bond donors (Lipinski definition) is 1. The molecule has 3 heterocycles. The Labute approximate surface area is 182 Å². The van der Waals surface area contributed by atoms with Crippen LogP contribution < -0.4 is 15.6 Å². The van der Waals surface area contributed by atoms with Gasteiger partial charge in [0, 0.05) is 29.9 Å². The zero-order chi connectivity index (χ0) is 21.8. The fourth-order valence-electron chi connectivity index (χ4n) is 4.24. The summed E-state index contributed by atoms with van der Waals surface area (Å²) in [6.07, 6.45) is 4.61. The Morgan fingerprint density at radius 1 is 1.23 bits per heavy atom. The highest BCUT2D eigenvalue weighted by Gasteiger charge is 2.19. The summed E-state index contributed by atoms with van der Waals surface area (Å²) in [5.41, 5.74) is 4.77. The molecule has 2 aromatic heterocycles. The Kier molecular flexibility index (Phi) is 6.15. The van der Waals surface area contributed by atoms with Crippen LogP contribution in [0.5, 0.6) is 5.75 Å². The van der Waals surface area contributed by atoms with Crippen molar-refractivity contribution in [2.24, 2.45) is 13.0 Å². The number of nitrogens with one attached hydrogen (secondary N) is 1. The minimum absolute atomic E-state index is 0.0297. The van der Waals surface area contributed by atoms with Gasteiger partial charge in [-0.25, -0.2) is 4.98 Å². The fourth-order valence-corrected chi connectivity index (χ4v) is 4.24. The number of benzene rings is 1. The molecular weight excluding hydrogens is 388 g/mol. The largest absolute Gasteiger partial charge is 0.497 e. The number of aryl methyl sites for hydroxylation is 1. The molecule has 1 aliphatic rings. The number of methoxy groups -OCH3 is 1. The van der Waals surface area contributed by atoms with Gasteiger partial charge in [-0.2, -0.15) is 5.26 Å². The molecule has 1 aliphatic heterocycles. The normalized spacial score (nSPS) is 15.6. The van der Waals surface area contributed by atoms with Gasteiger partial charge in [0.1, 0.15) is 17.5 Å². The molecule has 0 aliphatic carbocycles. The highest BCUT2D eigenvalue weighted by atomic mass is 16.5. The number of rotatable bonds is 6. The van der Waals surface area contributed by atoms with Crippen molar-refractivity contribution < 1.29 is 4.74 Å². The van der Waals surface area contributed by atoms with Gasteiger partial charge in [-0.05, 0) is 86.3 Å². The van der Waals surface area contributed by atoms with Crippen LogP contribution in [0.3, 0.4) is 0 Å². The number of aromatic nitrogens is 2.